The summed E-state index contributed by atoms with van der Waals surface area (Å²) in [5.74, 6) is 0.674. The summed E-state index contributed by atoms with van der Waals surface area (Å²) >= 11 is 7.26. The first-order chi connectivity index (χ1) is 12.1. The molecule has 25 heavy (non-hydrogen) atoms. The molecule has 0 saturated carbocycles. The van der Waals surface area contributed by atoms with Gasteiger partial charge in [-0.25, -0.2) is 4.99 Å². The van der Waals surface area contributed by atoms with Crippen LogP contribution in [0.3, 0.4) is 0 Å². The van der Waals surface area contributed by atoms with Crippen molar-refractivity contribution in [3.8, 4) is 5.75 Å². The van der Waals surface area contributed by atoms with Gasteiger partial charge in [0, 0.05) is 5.02 Å². The van der Waals surface area contributed by atoms with Gasteiger partial charge in [-0.1, -0.05) is 36.7 Å². The number of ether oxygens (including phenoxy) is 1. The van der Waals surface area contributed by atoms with E-state index in [-0.39, 0.29) is 5.91 Å². The maximum absolute atomic E-state index is 12.1. The van der Waals surface area contributed by atoms with Crippen molar-refractivity contribution in [3.05, 3.63) is 64.0 Å². The summed E-state index contributed by atoms with van der Waals surface area (Å²) in [6, 6.07) is 14.9. The molecule has 0 radical (unpaired) electrons. The molecule has 6 heteroatoms. The fourth-order valence-corrected chi connectivity index (χ4v) is 3.20. The SMILES string of the molecule is CCCOc1ccc(/C=C2\SC(=Nc3cccc(Cl)c3)NC2=O)cc1. The smallest absolute Gasteiger partial charge is 0.264 e. The van der Waals surface area contributed by atoms with Gasteiger partial charge in [0.2, 0.25) is 0 Å². The highest BCUT2D eigenvalue weighted by Gasteiger charge is 2.23. The number of thioether (sulfide) groups is 1. The standard InChI is InChI=1S/C19H17ClN2O2S/c1-2-10-24-16-8-6-13(7-9-16)11-17-18(23)22-19(25-17)21-15-5-3-4-14(20)12-15/h3-9,11-12H,2,10H2,1H3,(H,21,22,23)/b17-11-. The van der Waals surface area contributed by atoms with E-state index in [0.717, 1.165) is 17.7 Å². The molecule has 128 valence electrons. The van der Waals surface area contributed by atoms with Crippen LogP contribution in [0.25, 0.3) is 6.08 Å². The van der Waals surface area contributed by atoms with Crippen LogP contribution in [-0.4, -0.2) is 17.7 Å². The molecule has 0 unspecified atom stereocenters. The average Bonchev–Trinajstić information content (AvgIpc) is 2.93. The van der Waals surface area contributed by atoms with E-state index < -0.39 is 0 Å². The monoisotopic (exact) mass is 372 g/mol. The molecule has 0 aromatic heterocycles. The van der Waals surface area contributed by atoms with Gasteiger partial charge in [0.1, 0.15) is 5.75 Å². The van der Waals surface area contributed by atoms with Crippen LogP contribution in [0.1, 0.15) is 18.9 Å². The lowest BCUT2D eigenvalue weighted by Crippen LogP contribution is -2.19. The lowest BCUT2D eigenvalue weighted by Gasteiger charge is -2.04. The van der Waals surface area contributed by atoms with Gasteiger partial charge < -0.3 is 10.1 Å². The predicted octanol–water partition coefficient (Wildman–Crippen LogP) is 5.02. The second kappa shape index (κ2) is 8.23. The van der Waals surface area contributed by atoms with Crippen molar-refractivity contribution >= 4 is 46.2 Å². The van der Waals surface area contributed by atoms with E-state index in [1.807, 2.05) is 42.5 Å². The Hall–Kier alpha value is -2.24. The van der Waals surface area contributed by atoms with Gasteiger partial charge in [0.05, 0.1) is 17.2 Å². The average molecular weight is 373 g/mol. The molecule has 0 aliphatic carbocycles. The summed E-state index contributed by atoms with van der Waals surface area (Å²) in [5.41, 5.74) is 1.64. The third-order valence-corrected chi connectivity index (χ3v) is 4.49. The molecule has 4 nitrogen and oxygen atoms in total. The highest BCUT2D eigenvalue weighted by molar-refractivity contribution is 8.18. The van der Waals surface area contributed by atoms with Crippen LogP contribution in [0.2, 0.25) is 5.02 Å². The molecule has 0 bridgehead atoms. The van der Waals surface area contributed by atoms with E-state index >= 15 is 0 Å². The molecule has 1 saturated heterocycles. The number of nitrogens with one attached hydrogen (secondary N) is 1. The zero-order valence-corrected chi connectivity index (χ0v) is 15.2. The van der Waals surface area contributed by atoms with Crippen LogP contribution in [0.15, 0.2) is 58.4 Å². The number of hydrogen-bond acceptors (Lipinski definition) is 4. The molecule has 2 aromatic rings. The van der Waals surface area contributed by atoms with Crippen LogP contribution >= 0.6 is 23.4 Å². The summed E-state index contributed by atoms with van der Waals surface area (Å²) in [7, 11) is 0. The van der Waals surface area contributed by atoms with Crippen LogP contribution in [0.5, 0.6) is 5.75 Å². The first-order valence-corrected chi connectivity index (χ1v) is 9.11. The summed E-state index contributed by atoms with van der Waals surface area (Å²) < 4.78 is 5.56. The van der Waals surface area contributed by atoms with Crippen molar-refractivity contribution in [2.24, 2.45) is 4.99 Å². The molecule has 0 atom stereocenters. The quantitative estimate of drug-likeness (QED) is 0.749. The van der Waals surface area contributed by atoms with Crippen LogP contribution in [0, 0.1) is 0 Å². The maximum atomic E-state index is 12.1. The van der Waals surface area contributed by atoms with Gasteiger partial charge >= 0.3 is 0 Å². The Kier molecular flexibility index (Phi) is 5.79. The Balaban J connectivity index is 1.72. The third-order valence-electron chi connectivity index (χ3n) is 3.34. The van der Waals surface area contributed by atoms with Gasteiger partial charge in [-0.3, -0.25) is 4.79 Å². The van der Waals surface area contributed by atoms with Crippen LogP contribution in [0.4, 0.5) is 5.69 Å². The molecule has 1 aliphatic heterocycles. The molecule has 1 N–H and O–H groups in total. The second-order valence-corrected chi connectivity index (χ2v) is 6.85. The Morgan fingerprint density at radius 3 is 2.76 bits per heavy atom. The topological polar surface area (TPSA) is 50.7 Å². The number of rotatable bonds is 5. The number of nitrogens with zero attached hydrogens (tertiary/aromatic N) is 1. The third kappa shape index (κ3) is 4.87. The van der Waals surface area contributed by atoms with Crippen molar-refractivity contribution in [1.29, 1.82) is 0 Å². The van der Waals surface area contributed by atoms with E-state index in [1.54, 1.807) is 12.1 Å². The molecule has 1 heterocycles. The highest BCUT2D eigenvalue weighted by atomic mass is 35.5. The molecule has 3 rings (SSSR count). The van der Waals surface area contributed by atoms with E-state index in [0.29, 0.717) is 27.4 Å². The van der Waals surface area contributed by atoms with Gasteiger partial charge in [0.25, 0.3) is 5.91 Å². The number of carbonyl (C=O) groups is 1. The van der Waals surface area contributed by atoms with Gasteiger partial charge in [-0.2, -0.15) is 0 Å². The van der Waals surface area contributed by atoms with Crippen molar-refractivity contribution in [3.63, 3.8) is 0 Å². The second-order valence-electron chi connectivity index (χ2n) is 5.38. The molecule has 1 aliphatic rings. The van der Waals surface area contributed by atoms with E-state index in [9.17, 15) is 4.79 Å². The summed E-state index contributed by atoms with van der Waals surface area (Å²) in [5, 5.41) is 3.92. The van der Waals surface area contributed by atoms with Crippen molar-refractivity contribution in [1.82, 2.24) is 5.32 Å². The number of benzene rings is 2. The number of aliphatic imine (C=N–C) groups is 1. The van der Waals surface area contributed by atoms with Crippen molar-refractivity contribution < 1.29 is 9.53 Å². The normalized spacial score (nSPS) is 17.1. The number of amides is 1. The molecule has 0 spiro atoms. The number of hydrogen-bond donors (Lipinski definition) is 1. The first-order valence-electron chi connectivity index (χ1n) is 7.92. The Labute approximate surface area is 155 Å². The zero-order chi connectivity index (χ0) is 17.6. The van der Waals surface area contributed by atoms with Crippen molar-refractivity contribution in [2.45, 2.75) is 13.3 Å². The van der Waals surface area contributed by atoms with Gasteiger partial charge in [-0.05, 0) is 60.2 Å². The fraction of sp³-hybridized carbons (Fsp3) is 0.158. The molecule has 1 fully saturated rings. The number of amidine groups is 1. The molecular formula is C19H17ClN2O2S. The lowest BCUT2D eigenvalue weighted by atomic mass is 10.2. The largest absolute Gasteiger partial charge is 0.494 e. The molecule has 2 aromatic carbocycles. The number of carbonyl (C=O) groups excluding carboxylic acids is 1. The number of halogens is 1. The Morgan fingerprint density at radius 2 is 2.04 bits per heavy atom. The van der Waals surface area contributed by atoms with Gasteiger partial charge in [0.15, 0.2) is 5.17 Å². The van der Waals surface area contributed by atoms with Crippen LogP contribution in [-0.2, 0) is 4.79 Å². The maximum Gasteiger partial charge on any atom is 0.264 e. The molecule has 1 amide bonds. The first kappa shape index (κ1) is 17.6. The molecular weight excluding hydrogens is 356 g/mol. The minimum atomic E-state index is -0.155. The zero-order valence-electron chi connectivity index (χ0n) is 13.7. The van der Waals surface area contributed by atoms with E-state index in [4.69, 9.17) is 16.3 Å². The van der Waals surface area contributed by atoms with E-state index in [2.05, 4.69) is 17.2 Å². The van der Waals surface area contributed by atoms with Gasteiger partial charge in [-0.15, -0.1) is 0 Å². The fourth-order valence-electron chi connectivity index (χ4n) is 2.18. The summed E-state index contributed by atoms with van der Waals surface area (Å²) in [4.78, 5) is 17.1. The predicted molar refractivity (Wildman–Crippen MR) is 104 cm³/mol. The Bertz CT molecular complexity index is 832. The summed E-state index contributed by atoms with van der Waals surface area (Å²) in [6.07, 6.45) is 2.81. The van der Waals surface area contributed by atoms with E-state index in [1.165, 1.54) is 11.8 Å². The lowest BCUT2D eigenvalue weighted by molar-refractivity contribution is -0.115. The van der Waals surface area contributed by atoms with Crippen LogP contribution < -0.4 is 10.1 Å². The highest BCUT2D eigenvalue weighted by Crippen LogP contribution is 2.29. The minimum Gasteiger partial charge on any atom is -0.494 e. The summed E-state index contributed by atoms with van der Waals surface area (Å²) in [6.45, 7) is 2.76. The van der Waals surface area contributed by atoms with Crippen molar-refractivity contribution in [2.75, 3.05) is 6.61 Å². The Morgan fingerprint density at radius 1 is 1.24 bits per heavy atom. The minimum absolute atomic E-state index is 0.155.